The molecule has 1 heterocycles. The average Bonchev–Trinajstić information content (AvgIpc) is 2.47. The minimum atomic E-state index is -0.388. The van der Waals surface area contributed by atoms with Gasteiger partial charge in [0, 0.05) is 18.3 Å². The Kier molecular flexibility index (Phi) is 5.05. The van der Waals surface area contributed by atoms with E-state index >= 15 is 0 Å². The third kappa shape index (κ3) is 3.53. The van der Waals surface area contributed by atoms with E-state index < -0.39 is 0 Å². The van der Waals surface area contributed by atoms with Gasteiger partial charge in [-0.3, -0.25) is 10.1 Å². The van der Waals surface area contributed by atoms with Crippen molar-refractivity contribution >= 4 is 29.1 Å². The Balaban J connectivity index is 2.18. The quantitative estimate of drug-likeness (QED) is 0.642. The highest BCUT2D eigenvalue weighted by Crippen LogP contribution is 2.30. The molecule has 1 aromatic rings. The highest BCUT2D eigenvalue weighted by Gasteiger charge is 2.25. The van der Waals surface area contributed by atoms with Crippen LogP contribution in [0.25, 0.3) is 0 Å². The Morgan fingerprint density at radius 1 is 1.35 bits per heavy atom. The van der Waals surface area contributed by atoms with Crippen LogP contribution in [0.15, 0.2) is 12.1 Å². The number of anilines is 2. The number of nitro groups is 1. The predicted molar refractivity (Wildman–Crippen MR) is 83.6 cm³/mol. The molecule has 0 bridgehead atoms. The average molecular weight is 296 g/mol. The molecule has 0 aliphatic heterocycles. The van der Waals surface area contributed by atoms with Gasteiger partial charge in [0.1, 0.15) is 11.6 Å². The normalized spacial score (nSPS) is 22.3. The van der Waals surface area contributed by atoms with Gasteiger partial charge < -0.3 is 10.6 Å². The summed E-state index contributed by atoms with van der Waals surface area (Å²) in [4.78, 5) is 14.9. The molecule has 2 N–H and O–H groups in total. The fourth-order valence-corrected chi connectivity index (χ4v) is 3.49. The molecule has 2 rings (SSSR count). The zero-order valence-electron chi connectivity index (χ0n) is 11.8. The minimum absolute atomic E-state index is 0.0587. The molecule has 1 saturated carbocycles. The number of hydrogen-bond acceptors (Lipinski definition) is 6. The maximum Gasteiger partial charge on any atom is 0.276 e. The van der Waals surface area contributed by atoms with Crippen molar-refractivity contribution < 1.29 is 4.92 Å². The molecule has 0 saturated heterocycles. The molecule has 1 aliphatic rings. The minimum Gasteiger partial charge on any atom is -0.373 e. The van der Waals surface area contributed by atoms with E-state index in [2.05, 4.69) is 21.9 Å². The lowest BCUT2D eigenvalue weighted by Crippen LogP contribution is -2.34. The van der Waals surface area contributed by atoms with Gasteiger partial charge in [-0.05, 0) is 19.1 Å². The highest BCUT2D eigenvalue weighted by molar-refractivity contribution is 7.99. The maximum atomic E-state index is 11.0. The van der Waals surface area contributed by atoms with Crippen molar-refractivity contribution in [1.82, 2.24) is 4.98 Å². The molecule has 1 aromatic heterocycles. The van der Waals surface area contributed by atoms with Crippen LogP contribution in [-0.4, -0.2) is 34.5 Å². The topological polar surface area (TPSA) is 80.1 Å². The summed E-state index contributed by atoms with van der Waals surface area (Å²) in [5.74, 6) is 1.09. The van der Waals surface area contributed by atoms with Crippen molar-refractivity contribution in [2.45, 2.75) is 37.0 Å². The zero-order chi connectivity index (χ0) is 14.5. The molecule has 0 spiro atoms. The molecule has 2 atom stereocenters. The monoisotopic (exact) mass is 296 g/mol. The first kappa shape index (κ1) is 14.9. The largest absolute Gasteiger partial charge is 0.373 e. The highest BCUT2D eigenvalue weighted by atomic mass is 32.2. The van der Waals surface area contributed by atoms with Crippen LogP contribution in [0.2, 0.25) is 0 Å². The summed E-state index contributed by atoms with van der Waals surface area (Å²) in [5, 5.41) is 17.7. The van der Waals surface area contributed by atoms with Gasteiger partial charge >= 0.3 is 0 Å². The first-order chi connectivity index (χ1) is 9.63. The lowest BCUT2D eigenvalue weighted by molar-refractivity contribution is -0.384. The van der Waals surface area contributed by atoms with Crippen LogP contribution in [0.3, 0.4) is 0 Å². The van der Waals surface area contributed by atoms with Gasteiger partial charge in [0.2, 0.25) is 0 Å². The second kappa shape index (κ2) is 6.78. The molecule has 2 unspecified atom stereocenters. The fraction of sp³-hybridized carbons (Fsp3) is 0.615. The smallest absolute Gasteiger partial charge is 0.276 e. The van der Waals surface area contributed by atoms with Crippen molar-refractivity contribution in [2.75, 3.05) is 23.9 Å². The molecular formula is C13H20N4O2S. The van der Waals surface area contributed by atoms with E-state index in [1.807, 2.05) is 11.8 Å². The van der Waals surface area contributed by atoms with Crippen LogP contribution in [0.5, 0.6) is 0 Å². The molecule has 6 nitrogen and oxygen atoms in total. The van der Waals surface area contributed by atoms with E-state index in [1.165, 1.54) is 31.4 Å². The van der Waals surface area contributed by atoms with E-state index in [1.54, 1.807) is 7.05 Å². The van der Waals surface area contributed by atoms with Crippen LogP contribution in [0.1, 0.15) is 25.7 Å². The number of aromatic nitrogens is 1. The Bertz CT molecular complexity index is 483. The molecular weight excluding hydrogens is 276 g/mol. The first-order valence-corrected chi connectivity index (χ1v) is 8.06. The van der Waals surface area contributed by atoms with Gasteiger partial charge in [0.25, 0.3) is 5.69 Å². The fourth-order valence-electron chi connectivity index (χ4n) is 2.56. The number of nitrogens with one attached hydrogen (secondary N) is 2. The van der Waals surface area contributed by atoms with Crippen LogP contribution in [0, 0.1) is 10.1 Å². The second-order valence-electron chi connectivity index (χ2n) is 4.91. The van der Waals surface area contributed by atoms with E-state index in [0.29, 0.717) is 22.9 Å². The Morgan fingerprint density at radius 3 is 2.70 bits per heavy atom. The molecule has 7 heteroatoms. The van der Waals surface area contributed by atoms with Gasteiger partial charge in [0.15, 0.2) is 0 Å². The number of pyridine rings is 1. The molecule has 20 heavy (non-hydrogen) atoms. The van der Waals surface area contributed by atoms with Crippen LogP contribution in [0.4, 0.5) is 17.3 Å². The van der Waals surface area contributed by atoms with Crippen molar-refractivity contribution in [3.8, 4) is 0 Å². The molecule has 0 radical (unpaired) electrons. The van der Waals surface area contributed by atoms with Crippen LogP contribution < -0.4 is 10.6 Å². The Labute approximate surface area is 122 Å². The van der Waals surface area contributed by atoms with Gasteiger partial charge in [-0.25, -0.2) is 4.98 Å². The summed E-state index contributed by atoms with van der Waals surface area (Å²) in [5.41, 5.74) is 0.0587. The van der Waals surface area contributed by atoms with E-state index in [-0.39, 0.29) is 10.6 Å². The van der Waals surface area contributed by atoms with E-state index in [9.17, 15) is 10.1 Å². The van der Waals surface area contributed by atoms with Gasteiger partial charge in [-0.15, -0.1) is 0 Å². The third-order valence-electron chi connectivity index (χ3n) is 3.62. The summed E-state index contributed by atoms with van der Waals surface area (Å²) >= 11 is 1.85. The van der Waals surface area contributed by atoms with Gasteiger partial charge in [-0.1, -0.05) is 12.8 Å². The van der Waals surface area contributed by atoms with E-state index in [0.717, 1.165) is 6.42 Å². The molecule has 1 fully saturated rings. The van der Waals surface area contributed by atoms with E-state index in [4.69, 9.17) is 0 Å². The number of rotatable bonds is 5. The van der Waals surface area contributed by atoms with Gasteiger partial charge in [-0.2, -0.15) is 11.8 Å². The standard InChI is InChI=1S/C13H20N4O2S/c1-14-12-7-9(17(18)19)8-13(16-12)15-10-5-3-4-6-11(10)20-2/h7-8,10-11H,3-6H2,1-2H3,(H2,14,15,16). The lowest BCUT2D eigenvalue weighted by atomic mass is 9.95. The predicted octanol–water partition coefficient (Wildman–Crippen LogP) is 3.12. The lowest BCUT2D eigenvalue weighted by Gasteiger charge is -2.31. The summed E-state index contributed by atoms with van der Waals surface area (Å²) in [6.45, 7) is 0. The Hall–Kier alpha value is -1.50. The molecule has 1 aliphatic carbocycles. The van der Waals surface area contributed by atoms with Crippen molar-refractivity contribution in [3.63, 3.8) is 0 Å². The first-order valence-electron chi connectivity index (χ1n) is 6.77. The van der Waals surface area contributed by atoms with Crippen molar-refractivity contribution in [3.05, 3.63) is 22.2 Å². The molecule has 110 valence electrons. The molecule has 0 amide bonds. The van der Waals surface area contributed by atoms with Crippen LogP contribution >= 0.6 is 11.8 Å². The number of hydrogen-bond donors (Lipinski definition) is 2. The summed E-state index contributed by atoms with van der Waals surface area (Å²) in [6, 6.07) is 3.28. The maximum absolute atomic E-state index is 11.0. The van der Waals surface area contributed by atoms with Crippen molar-refractivity contribution in [1.29, 1.82) is 0 Å². The summed E-state index contributed by atoms with van der Waals surface area (Å²) in [7, 11) is 1.71. The SMILES string of the molecule is CNc1cc([N+](=O)[O-])cc(NC2CCCCC2SC)n1. The number of thioether (sulfide) groups is 1. The second-order valence-corrected chi connectivity index (χ2v) is 5.99. The van der Waals surface area contributed by atoms with Crippen molar-refractivity contribution in [2.24, 2.45) is 0 Å². The number of nitrogens with zero attached hydrogens (tertiary/aromatic N) is 2. The third-order valence-corrected chi connectivity index (χ3v) is 4.79. The van der Waals surface area contributed by atoms with Gasteiger partial charge in [0.05, 0.1) is 17.1 Å². The zero-order valence-corrected chi connectivity index (χ0v) is 12.6. The van der Waals surface area contributed by atoms with Crippen LogP contribution in [-0.2, 0) is 0 Å². The summed E-state index contributed by atoms with van der Waals surface area (Å²) in [6.07, 6.45) is 6.85. The molecule has 0 aromatic carbocycles. The summed E-state index contributed by atoms with van der Waals surface area (Å²) < 4.78 is 0. The Morgan fingerprint density at radius 2 is 2.05 bits per heavy atom.